The summed E-state index contributed by atoms with van der Waals surface area (Å²) in [7, 11) is 0. The normalized spacial score (nSPS) is 12.6. The molecule has 0 aromatic heterocycles. The molecule has 1 aromatic carbocycles. The molecule has 1 N–H and O–H groups in total. The first-order valence-electron chi connectivity index (χ1n) is 7.03. The van der Waals surface area contributed by atoms with Crippen molar-refractivity contribution in [2.45, 2.75) is 45.3 Å². The number of carboxylic acids is 1. The van der Waals surface area contributed by atoms with E-state index in [2.05, 4.69) is 0 Å². The average Bonchev–Trinajstić information content (AvgIpc) is 2.44. The van der Waals surface area contributed by atoms with Crippen LogP contribution in [0, 0.1) is 29.1 Å². The molecule has 0 radical (unpaired) electrons. The van der Waals surface area contributed by atoms with Crippen molar-refractivity contribution in [2.75, 3.05) is 0 Å². The Morgan fingerprint density at radius 3 is 1.84 bits per heavy atom. The van der Waals surface area contributed by atoms with E-state index in [0.29, 0.717) is 0 Å². The van der Waals surface area contributed by atoms with Crippen LogP contribution in [0.25, 0.3) is 0 Å². The van der Waals surface area contributed by atoms with E-state index < -0.39 is 71.2 Å². The summed E-state index contributed by atoms with van der Waals surface area (Å²) in [5, 5.41) is 12.7. The van der Waals surface area contributed by atoms with Crippen LogP contribution in [0.2, 0.25) is 0 Å². The minimum absolute atomic E-state index is 0.932. The zero-order valence-corrected chi connectivity index (χ0v) is 13.5. The Morgan fingerprint density at radius 2 is 1.44 bits per heavy atom. The second-order valence-corrected chi connectivity index (χ2v) is 6.17. The summed E-state index contributed by atoms with van der Waals surface area (Å²) >= 11 is 0. The average molecular weight is 368 g/mol. The Labute approximate surface area is 139 Å². The summed E-state index contributed by atoms with van der Waals surface area (Å²) in [5.74, 6) is -12.6. The van der Waals surface area contributed by atoms with Gasteiger partial charge < -0.3 is 20.0 Å². The number of nitrogens with one attached hydrogen (secondary N) is 1. The molecule has 0 heterocycles. The van der Waals surface area contributed by atoms with Crippen molar-refractivity contribution in [1.29, 1.82) is 0 Å². The van der Waals surface area contributed by atoms with Crippen LogP contribution in [0.1, 0.15) is 32.8 Å². The number of hydrogen-bond donors (Lipinski definition) is 1. The van der Waals surface area contributed by atoms with E-state index in [1.54, 1.807) is 0 Å². The number of halogens is 5. The topological polar surface area (TPSA) is 78.5 Å². The number of carbonyl (C=O) groups is 2. The molecule has 0 fully saturated rings. The summed E-state index contributed by atoms with van der Waals surface area (Å²) < 4.78 is 71.6. The van der Waals surface area contributed by atoms with Gasteiger partial charge in [-0.2, -0.15) is 0 Å². The number of carboxylic acid groups (broad SMARTS) is 1. The van der Waals surface area contributed by atoms with Gasteiger partial charge in [-0.1, -0.05) is 0 Å². The van der Waals surface area contributed by atoms with E-state index in [-0.39, 0.29) is 0 Å². The summed E-state index contributed by atoms with van der Waals surface area (Å²) in [4.78, 5) is 22.4. The van der Waals surface area contributed by atoms with Gasteiger partial charge in [0.05, 0.1) is 0 Å². The highest BCUT2D eigenvalue weighted by atomic mass is 19.2. The molecule has 0 bridgehead atoms. The Balaban J connectivity index is 3.12. The maximum absolute atomic E-state index is 13.7. The first-order valence-corrected chi connectivity index (χ1v) is 7.03. The van der Waals surface area contributed by atoms with Crippen molar-refractivity contribution in [1.82, 2.24) is 5.32 Å². The molecule has 0 unspecified atom stereocenters. The Morgan fingerprint density at radius 1 is 1.00 bits per heavy atom. The van der Waals surface area contributed by atoms with E-state index in [9.17, 15) is 36.6 Å². The number of alkyl carbamates (subject to hydrolysis) is 1. The summed E-state index contributed by atoms with van der Waals surface area (Å²) in [5.41, 5.74) is -2.21. The largest absolute Gasteiger partial charge is 0.550 e. The predicted octanol–water partition coefficient (Wildman–Crippen LogP) is 1.96. The van der Waals surface area contributed by atoms with Gasteiger partial charge in [0.25, 0.3) is 0 Å². The number of aliphatic carboxylic acids is 1. The van der Waals surface area contributed by atoms with Crippen LogP contribution in [-0.4, -0.2) is 23.7 Å². The highest BCUT2D eigenvalue weighted by Gasteiger charge is 2.28. The van der Waals surface area contributed by atoms with Crippen molar-refractivity contribution in [3.05, 3.63) is 34.6 Å². The highest BCUT2D eigenvalue weighted by Crippen LogP contribution is 2.24. The van der Waals surface area contributed by atoms with Gasteiger partial charge in [0.15, 0.2) is 23.3 Å². The van der Waals surface area contributed by atoms with Crippen molar-refractivity contribution in [3.63, 3.8) is 0 Å². The zero-order valence-electron chi connectivity index (χ0n) is 13.5. The van der Waals surface area contributed by atoms with Crippen LogP contribution < -0.4 is 10.4 Å². The fraction of sp³-hybridized carbons (Fsp3) is 0.467. The van der Waals surface area contributed by atoms with Gasteiger partial charge in [0.2, 0.25) is 5.82 Å². The molecular formula is C15H15F5NO4-. The molecule has 1 rings (SSSR count). The third kappa shape index (κ3) is 5.57. The maximum Gasteiger partial charge on any atom is 0.407 e. The van der Waals surface area contributed by atoms with Crippen molar-refractivity contribution >= 4 is 12.1 Å². The monoisotopic (exact) mass is 368 g/mol. The molecule has 0 saturated heterocycles. The van der Waals surface area contributed by atoms with Gasteiger partial charge in [0, 0.05) is 24.0 Å². The predicted molar refractivity (Wildman–Crippen MR) is 72.7 cm³/mol. The second-order valence-electron chi connectivity index (χ2n) is 6.17. The number of rotatable bonds is 5. The minimum atomic E-state index is -2.34. The van der Waals surface area contributed by atoms with Crippen LogP contribution >= 0.6 is 0 Å². The first kappa shape index (κ1) is 20.7. The van der Waals surface area contributed by atoms with Crippen LogP contribution in [-0.2, 0) is 16.0 Å². The fourth-order valence-electron chi connectivity index (χ4n) is 1.93. The Bertz CT molecular complexity index is 658. The highest BCUT2D eigenvalue weighted by molar-refractivity contribution is 5.70. The third-order valence-electron chi connectivity index (χ3n) is 2.89. The SMILES string of the molecule is CC(C)(C)OC(=O)N[C@H](CC(=O)[O-])Cc1c(F)c(F)c(F)c(F)c1F. The van der Waals surface area contributed by atoms with Gasteiger partial charge in [-0.25, -0.2) is 26.7 Å². The molecule has 0 aliphatic carbocycles. The number of amides is 1. The fourth-order valence-corrected chi connectivity index (χ4v) is 1.93. The maximum atomic E-state index is 13.7. The van der Waals surface area contributed by atoms with Crippen molar-refractivity contribution < 1.29 is 41.4 Å². The number of hydrogen-bond acceptors (Lipinski definition) is 4. The third-order valence-corrected chi connectivity index (χ3v) is 2.89. The lowest BCUT2D eigenvalue weighted by molar-refractivity contribution is -0.306. The van der Waals surface area contributed by atoms with Crippen molar-refractivity contribution in [3.8, 4) is 0 Å². The zero-order chi connectivity index (χ0) is 19.5. The second kappa shape index (κ2) is 7.66. The van der Waals surface area contributed by atoms with E-state index >= 15 is 0 Å². The Kier molecular flexibility index (Phi) is 6.33. The molecule has 1 amide bonds. The van der Waals surface area contributed by atoms with E-state index in [4.69, 9.17) is 4.74 Å². The van der Waals surface area contributed by atoms with Gasteiger partial charge in [-0.3, -0.25) is 0 Å². The standard InChI is InChI=1S/C15H16F5NO4/c1-15(2,3)25-14(24)21-6(5-8(22)23)4-7-9(16)11(18)13(20)12(19)10(7)17/h6H,4-5H2,1-3H3,(H,21,24)(H,22,23)/p-1/t6-/m0/s1. The molecule has 0 saturated carbocycles. The van der Waals surface area contributed by atoms with Gasteiger partial charge in [0.1, 0.15) is 5.60 Å². The lowest BCUT2D eigenvalue weighted by Gasteiger charge is -2.24. The van der Waals surface area contributed by atoms with Crippen LogP contribution in [0.5, 0.6) is 0 Å². The summed E-state index contributed by atoms with van der Waals surface area (Å²) in [6, 6.07) is -1.52. The Hall–Kier alpha value is -2.39. The first-order chi connectivity index (χ1) is 11.3. The van der Waals surface area contributed by atoms with Crippen LogP contribution in [0.15, 0.2) is 0 Å². The van der Waals surface area contributed by atoms with Gasteiger partial charge >= 0.3 is 6.09 Å². The summed E-state index contributed by atoms with van der Waals surface area (Å²) in [6.07, 6.45) is -3.03. The molecular weight excluding hydrogens is 353 g/mol. The molecule has 1 atom stereocenters. The summed E-state index contributed by atoms with van der Waals surface area (Å²) in [6.45, 7) is 4.51. The molecule has 0 aliphatic heterocycles. The smallest absolute Gasteiger partial charge is 0.407 e. The molecule has 0 spiro atoms. The van der Waals surface area contributed by atoms with Gasteiger partial charge in [-0.15, -0.1) is 0 Å². The van der Waals surface area contributed by atoms with E-state index in [1.807, 2.05) is 5.32 Å². The lowest BCUT2D eigenvalue weighted by Crippen LogP contribution is -2.43. The number of benzene rings is 1. The van der Waals surface area contributed by atoms with Gasteiger partial charge in [-0.05, 0) is 27.2 Å². The molecule has 0 aliphatic rings. The minimum Gasteiger partial charge on any atom is -0.550 e. The van der Waals surface area contributed by atoms with Crippen LogP contribution in [0.3, 0.4) is 0 Å². The molecule has 10 heteroatoms. The molecule has 5 nitrogen and oxygen atoms in total. The lowest BCUT2D eigenvalue weighted by atomic mass is 10.0. The van der Waals surface area contributed by atoms with Crippen molar-refractivity contribution in [2.24, 2.45) is 0 Å². The number of ether oxygens (including phenoxy) is 1. The number of carbonyl (C=O) groups excluding carboxylic acids is 2. The van der Waals surface area contributed by atoms with E-state index in [1.165, 1.54) is 20.8 Å². The molecule has 1 aromatic rings. The molecule has 140 valence electrons. The quantitative estimate of drug-likeness (QED) is 0.490. The van der Waals surface area contributed by atoms with Crippen LogP contribution in [0.4, 0.5) is 26.7 Å². The van der Waals surface area contributed by atoms with E-state index in [0.717, 1.165) is 0 Å². The molecule has 25 heavy (non-hydrogen) atoms.